The molecule has 0 unspecified atom stereocenters. The second kappa shape index (κ2) is 8.11. The van der Waals surface area contributed by atoms with Gasteiger partial charge in [0.05, 0.1) is 7.11 Å². The Morgan fingerprint density at radius 1 is 1.28 bits per heavy atom. The van der Waals surface area contributed by atoms with Gasteiger partial charge in [-0.25, -0.2) is 0 Å². The Hall–Kier alpha value is -1.06. The van der Waals surface area contributed by atoms with Crippen LogP contribution in [0.1, 0.15) is 37.3 Å². The minimum absolute atomic E-state index is 0.249. The summed E-state index contributed by atoms with van der Waals surface area (Å²) in [6.45, 7) is 6.43. The molecule has 0 saturated carbocycles. The number of aliphatic hydroxyl groups is 1. The van der Waals surface area contributed by atoms with Crippen LogP contribution in [0.25, 0.3) is 0 Å². The molecule has 0 aliphatic carbocycles. The Morgan fingerprint density at radius 2 is 2.06 bits per heavy atom. The number of hydrogen-bond donors (Lipinski definition) is 2. The van der Waals surface area contributed by atoms with Crippen molar-refractivity contribution < 1.29 is 9.84 Å². The third kappa shape index (κ3) is 4.67. The number of nitrogens with one attached hydrogen (secondary N) is 1. The smallest absolute Gasteiger partial charge is 0.122 e. The largest absolute Gasteiger partial charge is 0.496 e. The molecule has 0 atom stereocenters. The molecule has 102 valence electrons. The number of hydrogen-bond acceptors (Lipinski definition) is 3. The molecule has 0 fully saturated rings. The quantitative estimate of drug-likeness (QED) is 0.697. The summed E-state index contributed by atoms with van der Waals surface area (Å²) in [6.07, 6.45) is 1.76. The number of ether oxygens (including phenoxy) is 1. The molecule has 0 saturated heterocycles. The monoisotopic (exact) mass is 251 g/mol. The fourth-order valence-corrected chi connectivity index (χ4v) is 1.91. The van der Waals surface area contributed by atoms with Crippen LogP contribution in [-0.2, 0) is 6.42 Å². The zero-order valence-corrected chi connectivity index (χ0v) is 11.7. The van der Waals surface area contributed by atoms with Crippen molar-refractivity contribution in [2.45, 2.75) is 32.6 Å². The molecule has 1 rings (SSSR count). The van der Waals surface area contributed by atoms with Crippen LogP contribution >= 0.6 is 0 Å². The Labute approximate surface area is 110 Å². The molecular formula is C15H25NO2. The number of aliphatic hydroxyl groups excluding tert-OH is 1. The summed E-state index contributed by atoms with van der Waals surface area (Å²) in [5, 5.41) is 12.0. The van der Waals surface area contributed by atoms with E-state index in [0.717, 1.165) is 31.7 Å². The SMILES string of the molecule is COc1ccc(C(C)C)cc1CCNCCCO. The zero-order chi connectivity index (χ0) is 13.4. The first-order valence-electron chi connectivity index (χ1n) is 6.67. The second-order valence-electron chi connectivity index (χ2n) is 4.80. The summed E-state index contributed by atoms with van der Waals surface area (Å²) in [7, 11) is 1.72. The van der Waals surface area contributed by atoms with E-state index in [-0.39, 0.29) is 6.61 Å². The van der Waals surface area contributed by atoms with Gasteiger partial charge < -0.3 is 15.2 Å². The lowest BCUT2D eigenvalue weighted by Gasteiger charge is -2.13. The van der Waals surface area contributed by atoms with Gasteiger partial charge in [-0.2, -0.15) is 0 Å². The standard InChI is InChI=1S/C15H25NO2/c1-12(2)13-5-6-15(18-3)14(11-13)7-9-16-8-4-10-17/h5-6,11-12,16-17H,4,7-10H2,1-3H3. The summed E-state index contributed by atoms with van der Waals surface area (Å²) < 4.78 is 5.39. The minimum Gasteiger partial charge on any atom is -0.496 e. The molecule has 0 spiro atoms. The molecule has 1 aromatic carbocycles. The predicted octanol–water partition coefficient (Wildman–Crippen LogP) is 2.33. The van der Waals surface area contributed by atoms with Crippen molar-refractivity contribution in [3.63, 3.8) is 0 Å². The summed E-state index contributed by atoms with van der Waals surface area (Å²) in [5.74, 6) is 1.50. The average Bonchev–Trinajstić information content (AvgIpc) is 2.38. The highest BCUT2D eigenvalue weighted by molar-refractivity contribution is 5.38. The van der Waals surface area contributed by atoms with Gasteiger partial charge in [-0.15, -0.1) is 0 Å². The molecule has 3 nitrogen and oxygen atoms in total. The molecule has 0 heterocycles. The summed E-state index contributed by atoms with van der Waals surface area (Å²) in [5.41, 5.74) is 2.60. The lowest BCUT2D eigenvalue weighted by molar-refractivity contribution is 0.286. The van der Waals surface area contributed by atoms with Gasteiger partial charge >= 0.3 is 0 Å². The minimum atomic E-state index is 0.249. The van der Waals surface area contributed by atoms with E-state index in [9.17, 15) is 0 Å². The van der Waals surface area contributed by atoms with E-state index < -0.39 is 0 Å². The molecule has 0 aromatic heterocycles. The van der Waals surface area contributed by atoms with E-state index >= 15 is 0 Å². The Balaban J connectivity index is 2.58. The third-order valence-electron chi connectivity index (χ3n) is 3.05. The molecule has 0 bridgehead atoms. The molecule has 0 aliphatic rings. The van der Waals surface area contributed by atoms with E-state index in [1.54, 1.807) is 7.11 Å². The van der Waals surface area contributed by atoms with Crippen LogP contribution in [0.2, 0.25) is 0 Å². The maximum Gasteiger partial charge on any atom is 0.122 e. The Kier molecular flexibility index (Phi) is 6.76. The fraction of sp³-hybridized carbons (Fsp3) is 0.600. The summed E-state index contributed by atoms with van der Waals surface area (Å²) in [6, 6.07) is 6.42. The second-order valence-corrected chi connectivity index (χ2v) is 4.80. The molecule has 0 radical (unpaired) electrons. The Morgan fingerprint density at radius 3 is 2.67 bits per heavy atom. The van der Waals surface area contributed by atoms with E-state index in [0.29, 0.717) is 5.92 Å². The van der Waals surface area contributed by atoms with Gasteiger partial charge in [0.2, 0.25) is 0 Å². The van der Waals surface area contributed by atoms with E-state index in [2.05, 4.69) is 37.4 Å². The highest BCUT2D eigenvalue weighted by Gasteiger charge is 2.06. The van der Waals surface area contributed by atoms with Crippen LogP contribution in [0, 0.1) is 0 Å². The van der Waals surface area contributed by atoms with Gasteiger partial charge in [0.25, 0.3) is 0 Å². The lowest BCUT2D eigenvalue weighted by Crippen LogP contribution is -2.19. The molecule has 18 heavy (non-hydrogen) atoms. The molecular weight excluding hydrogens is 226 g/mol. The van der Waals surface area contributed by atoms with E-state index in [4.69, 9.17) is 9.84 Å². The van der Waals surface area contributed by atoms with Crippen molar-refractivity contribution in [1.82, 2.24) is 5.32 Å². The van der Waals surface area contributed by atoms with Crippen LogP contribution in [0.5, 0.6) is 5.75 Å². The van der Waals surface area contributed by atoms with Gasteiger partial charge in [0, 0.05) is 6.61 Å². The van der Waals surface area contributed by atoms with Crippen molar-refractivity contribution in [1.29, 1.82) is 0 Å². The molecule has 0 amide bonds. The van der Waals surface area contributed by atoms with Gasteiger partial charge in [0.1, 0.15) is 5.75 Å². The first kappa shape index (κ1) is 15.0. The maximum absolute atomic E-state index is 8.70. The van der Waals surface area contributed by atoms with Crippen LogP contribution in [0.15, 0.2) is 18.2 Å². The number of rotatable bonds is 8. The topological polar surface area (TPSA) is 41.5 Å². The Bertz CT molecular complexity index is 350. The maximum atomic E-state index is 8.70. The highest BCUT2D eigenvalue weighted by atomic mass is 16.5. The molecule has 2 N–H and O–H groups in total. The lowest BCUT2D eigenvalue weighted by atomic mass is 9.99. The van der Waals surface area contributed by atoms with E-state index in [1.165, 1.54) is 11.1 Å². The first-order valence-corrected chi connectivity index (χ1v) is 6.67. The van der Waals surface area contributed by atoms with Crippen LogP contribution in [0.3, 0.4) is 0 Å². The van der Waals surface area contributed by atoms with Gasteiger partial charge in [-0.1, -0.05) is 26.0 Å². The molecule has 0 aliphatic heterocycles. The van der Waals surface area contributed by atoms with Crippen molar-refractivity contribution in [2.75, 3.05) is 26.8 Å². The van der Waals surface area contributed by atoms with Gasteiger partial charge in [-0.3, -0.25) is 0 Å². The van der Waals surface area contributed by atoms with Crippen molar-refractivity contribution >= 4 is 0 Å². The number of benzene rings is 1. The predicted molar refractivity (Wildman–Crippen MR) is 75.4 cm³/mol. The molecule has 3 heteroatoms. The van der Waals surface area contributed by atoms with Crippen molar-refractivity contribution in [3.8, 4) is 5.75 Å². The molecule has 1 aromatic rings. The van der Waals surface area contributed by atoms with Crippen LogP contribution in [0.4, 0.5) is 0 Å². The summed E-state index contributed by atoms with van der Waals surface area (Å²) >= 11 is 0. The van der Waals surface area contributed by atoms with Crippen LogP contribution < -0.4 is 10.1 Å². The third-order valence-corrected chi connectivity index (χ3v) is 3.05. The average molecular weight is 251 g/mol. The van der Waals surface area contributed by atoms with Gasteiger partial charge in [-0.05, 0) is 49.0 Å². The van der Waals surface area contributed by atoms with Gasteiger partial charge in [0.15, 0.2) is 0 Å². The van der Waals surface area contributed by atoms with Crippen molar-refractivity contribution in [3.05, 3.63) is 29.3 Å². The normalized spacial score (nSPS) is 10.9. The van der Waals surface area contributed by atoms with E-state index in [1.807, 2.05) is 0 Å². The zero-order valence-electron chi connectivity index (χ0n) is 11.7. The highest BCUT2D eigenvalue weighted by Crippen LogP contribution is 2.24. The first-order chi connectivity index (χ1) is 8.69. The van der Waals surface area contributed by atoms with Crippen molar-refractivity contribution in [2.24, 2.45) is 0 Å². The van der Waals surface area contributed by atoms with Crippen LogP contribution in [-0.4, -0.2) is 31.9 Å². The number of methoxy groups -OCH3 is 1. The fourth-order valence-electron chi connectivity index (χ4n) is 1.91. The summed E-state index contributed by atoms with van der Waals surface area (Å²) in [4.78, 5) is 0.